The molecule has 0 aliphatic rings. The first-order valence-corrected chi connectivity index (χ1v) is 19.7. The normalized spacial score (nSPS) is 11.9. The lowest BCUT2D eigenvalue weighted by atomic mass is 9.65. The molecular weight excluding hydrogens is 689 g/mol. The van der Waals surface area contributed by atoms with E-state index in [1.807, 2.05) is 0 Å². The predicted molar refractivity (Wildman–Crippen MR) is 239 cm³/mol. The Morgan fingerprint density at radius 1 is 0.246 bits per heavy atom. The molecular formula is C55H38N2. The zero-order valence-corrected chi connectivity index (χ0v) is 31.3. The molecule has 0 fully saturated rings. The highest BCUT2D eigenvalue weighted by Gasteiger charge is 2.38. The molecule has 0 unspecified atom stereocenters. The molecule has 0 saturated carbocycles. The summed E-state index contributed by atoms with van der Waals surface area (Å²) in [5, 5.41) is 4.99. The van der Waals surface area contributed by atoms with Gasteiger partial charge in [0.2, 0.25) is 0 Å². The topological polar surface area (TPSA) is 9.86 Å². The number of benzene rings is 9. The van der Waals surface area contributed by atoms with Crippen LogP contribution in [0.5, 0.6) is 0 Å². The van der Waals surface area contributed by atoms with Gasteiger partial charge in [0.1, 0.15) is 0 Å². The molecule has 0 aliphatic carbocycles. The number of hydrogen-bond donors (Lipinski definition) is 0. The van der Waals surface area contributed by atoms with Crippen molar-refractivity contribution in [2.24, 2.45) is 0 Å². The Kier molecular flexibility index (Phi) is 7.75. The van der Waals surface area contributed by atoms with Gasteiger partial charge in [-0.15, -0.1) is 0 Å². The molecule has 9 aromatic carbocycles. The Balaban J connectivity index is 1.10. The smallest absolute Gasteiger partial charge is 0.0702 e. The van der Waals surface area contributed by atoms with E-state index in [4.69, 9.17) is 0 Å². The number of para-hydroxylation sites is 3. The lowest BCUT2D eigenvalue weighted by Gasteiger charge is -2.37. The molecule has 0 saturated heterocycles. The molecule has 11 aromatic rings. The van der Waals surface area contributed by atoms with Crippen LogP contribution in [0.1, 0.15) is 22.3 Å². The highest BCUT2D eigenvalue weighted by molar-refractivity contribution is 6.12. The van der Waals surface area contributed by atoms with Crippen molar-refractivity contribution in [2.75, 3.05) is 0 Å². The van der Waals surface area contributed by atoms with E-state index in [9.17, 15) is 0 Å². The Morgan fingerprint density at radius 2 is 0.614 bits per heavy atom. The molecule has 0 radical (unpaired) electrons. The SMILES string of the molecule is c1ccc(-n2c3ccccc3c3cc(-c4ccc5c(c4)c4ccccc4n5-c4cccc(C(c5ccccc5)(c5ccccc5)c5ccccc5)c4)ccc32)cc1. The highest BCUT2D eigenvalue weighted by atomic mass is 15.0. The molecule has 2 nitrogen and oxygen atoms in total. The first kappa shape index (κ1) is 33.0. The van der Waals surface area contributed by atoms with Gasteiger partial charge in [0.25, 0.3) is 0 Å². The fourth-order valence-corrected chi connectivity index (χ4v) is 9.38. The highest BCUT2D eigenvalue weighted by Crippen LogP contribution is 2.46. The van der Waals surface area contributed by atoms with Gasteiger partial charge in [-0.2, -0.15) is 0 Å². The molecule has 0 N–H and O–H groups in total. The summed E-state index contributed by atoms with van der Waals surface area (Å²) in [6.45, 7) is 0. The van der Waals surface area contributed by atoms with Crippen LogP contribution in [0.2, 0.25) is 0 Å². The average Bonchev–Trinajstić information content (AvgIpc) is 3.80. The number of rotatable bonds is 7. The Labute approximate surface area is 332 Å². The standard InChI is InChI=1S/C55H38N2/c1-5-18-41(19-6-1)55(42-20-7-2-8-21-42,43-22-9-3-10-23-43)44-24-17-27-46(38-44)57-52-31-16-14-29-48(52)50-37-40(33-35-54(50)57)39-32-34-53-49(36-39)47-28-13-15-30-51(47)56(53)45-25-11-4-12-26-45/h1-38H. The van der Waals surface area contributed by atoms with Gasteiger partial charge in [-0.25, -0.2) is 0 Å². The van der Waals surface area contributed by atoms with E-state index < -0.39 is 5.41 Å². The zero-order chi connectivity index (χ0) is 37.8. The van der Waals surface area contributed by atoms with E-state index in [1.54, 1.807) is 0 Å². The Bertz CT molecular complexity index is 3110. The summed E-state index contributed by atoms with van der Waals surface area (Å²) in [5.41, 5.74) is 13.9. The van der Waals surface area contributed by atoms with Crippen LogP contribution in [0.25, 0.3) is 66.1 Å². The predicted octanol–water partition coefficient (Wildman–Crippen LogP) is 13.9. The van der Waals surface area contributed by atoms with Crippen molar-refractivity contribution in [1.29, 1.82) is 0 Å². The van der Waals surface area contributed by atoms with E-state index in [2.05, 4.69) is 240 Å². The first-order valence-electron chi connectivity index (χ1n) is 19.7. The van der Waals surface area contributed by atoms with Gasteiger partial charge in [-0.3, -0.25) is 0 Å². The molecule has 0 atom stereocenters. The van der Waals surface area contributed by atoms with E-state index in [1.165, 1.54) is 82.7 Å². The first-order chi connectivity index (χ1) is 28.3. The van der Waals surface area contributed by atoms with Crippen molar-refractivity contribution in [3.63, 3.8) is 0 Å². The van der Waals surface area contributed by atoms with Gasteiger partial charge in [-0.05, 0) is 94.0 Å². The third-order valence-electron chi connectivity index (χ3n) is 11.9. The molecule has 2 aromatic heterocycles. The summed E-state index contributed by atoms with van der Waals surface area (Å²) in [4.78, 5) is 0. The summed E-state index contributed by atoms with van der Waals surface area (Å²) in [6, 6.07) is 84.2. The molecule has 2 heterocycles. The third kappa shape index (κ3) is 5.18. The second kappa shape index (κ2) is 13.4. The summed E-state index contributed by atoms with van der Waals surface area (Å²) < 4.78 is 4.82. The second-order valence-electron chi connectivity index (χ2n) is 14.9. The maximum Gasteiger partial charge on any atom is 0.0702 e. The fourth-order valence-electron chi connectivity index (χ4n) is 9.38. The molecule has 0 spiro atoms. The Hall–Kier alpha value is -7.42. The Morgan fingerprint density at radius 3 is 1.11 bits per heavy atom. The third-order valence-corrected chi connectivity index (χ3v) is 11.9. The number of hydrogen-bond acceptors (Lipinski definition) is 0. The monoisotopic (exact) mass is 726 g/mol. The second-order valence-corrected chi connectivity index (χ2v) is 14.9. The van der Waals surface area contributed by atoms with Crippen LogP contribution in [0.15, 0.2) is 231 Å². The van der Waals surface area contributed by atoms with Gasteiger partial charge in [0.15, 0.2) is 0 Å². The van der Waals surface area contributed by atoms with E-state index >= 15 is 0 Å². The average molecular weight is 727 g/mol. The molecule has 2 heteroatoms. The fraction of sp³-hybridized carbons (Fsp3) is 0.0182. The molecule has 57 heavy (non-hydrogen) atoms. The summed E-state index contributed by atoms with van der Waals surface area (Å²) in [6.07, 6.45) is 0. The maximum atomic E-state index is 2.44. The van der Waals surface area contributed by atoms with Crippen LogP contribution in [0.3, 0.4) is 0 Å². The number of nitrogens with zero attached hydrogens (tertiary/aromatic N) is 2. The van der Waals surface area contributed by atoms with E-state index in [-0.39, 0.29) is 0 Å². The van der Waals surface area contributed by atoms with Crippen molar-refractivity contribution < 1.29 is 0 Å². The largest absolute Gasteiger partial charge is 0.309 e. The van der Waals surface area contributed by atoms with E-state index in [0.29, 0.717) is 0 Å². The molecule has 11 rings (SSSR count). The summed E-state index contributed by atoms with van der Waals surface area (Å²) >= 11 is 0. The van der Waals surface area contributed by atoms with Crippen LogP contribution in [0.4, 0.5) is 0 Å². The van der Waals surface area contributed by atoms with Crippen LogP contribution < -0.4 is 0 Å². The minimum Gasteiger partial charge on any atom is -0.309 e. The van der Waals surface area contributed by atoms with Crippen molar-refractivity contribution in [3.05, 3.63) is 253 Å². The van der Waals surface area contributed by atoms with Crippen LogP contribution in [-0.4, -0.2) is 9.13 Å². The van der Waals surface area contributed by atoms with Gasteiger partial charge >= 0.3 is 0 Å². The lowest BCUT2D eigenvalue weighted by Crippen LogP contribution is -2.31. The van der Waals surface area contributed by atoms with Crippen molar-refractivity contribution >= 4 is 43.6 Å². The molecule has 0 bridgehead atoms. The van der Waals surface area contributed by atoms with Crippen LogP contribution >= 0.6 is 0 Å². The van der Waals surface area contributed by atoms with Crippen molar-refractivity contribution in [3.8, 4) is 22.5 Å². The van der Waals surface area contributed by atoms with E-state index in [0.717, 1.165) is 5.69 Å². The lowest BCUT2D eigenvalue weighted by molar-refractivity contribution is 0.744. The molecule has 268 valence electrons. The maximum absolute atomic E-state index is 2.44. The number of aromatic nitrogens is 2. The van der Waals surface area contributed by atoms with Gasteiger partial charge in [0, 0.05) is 32.9 Å². The molecule has 0 aliphatic heterocycles. The molecule has 0 amide bonds. The van der Waals surface area contributed by atoms with Crippen LogP contribution in [0, 0.1) is 0 Å². The summed E-state index contributed by atoms with van der Waals surface area (Å²) in [7, 11) is 0. The van der Waals surface area contributed by atoms with Crippen LogP contribution in [-0.2, 0) is 5.41 Å². The zero-order valence-electron chi connectivity index (χ0n) is 31.3. The summed E-state index contributed by atoms with van der Waals surface area (Å²) in [5.74, 6) is 0. The minimum absolute atomic E-state index is 0.534. The van der Waals surface area contributed by atoms with Crippen molar-refractivity contribution in [2.45, 2.75) is 5.41 Å². The van der Waals surface area contributed by atoms with Gasteiger partial charge in [0.05, 0.1) is 27.5 Å². The van der Waals surface area contributed by atoms with Gasteiger partial charge < -0.3 is 9.13 Å². The van der Waals surface area contributed by atoms with Gasteiger partial charge in [-0.1, -0.05) is 170 Å². The van der Waals surface area contributed by atoms with Crippen molar-refractivity contribution in [1.82, 2.24) is 9.13 Å². The quantitative estimate of drug-likeness (QED) is 0.145. The number of fused-ring (bicyclic) bond motifs is 6. The minimum atomic E-state index is -0.534.